The number of aromatic nitrogens is 5. The molecule has 2 aromatic carbocycles. The lowest BCUT2D eigenvalue weighted by molar-refractivity contribution is 0.0955. The van der Waals surface area contributed by atoms with Crippen LogP contribution in [0.5, 0.6) is 5.75 Å². The van der Waals surface area contributed by atoms with Crippen LogP contribution in [0.1, 0.15) is 24.2 Å². The maximum atomic E-state index is 13.8. The zero-order valence-corrected chi connectivity index (χ0v) is 19.9. The van der Waals surface area contributed by atoms with E-state index in [1.54, 1.807) is 11.7 Å². The number of benzene rings is 2. The van der Waals surface area contributed by atoms with Crippen molar-refractivity contribution in [3.8, 4) is 5.75 Å². The monoisotopic (exact) mass is 469 g/mol. The summed E-state index contributed by atoms with van der Waals surface area (Å²) < 4.78 is 14.9. The highest BCUT2D eigenvalue weighted by atomic mass is 16.5. The Bertz CT molecular complexity index is 1600. The van der Waals surface area contributed by atoms with Crippen LogP contribution in [0.3, 0.4) is 0 Å². The van der Waals surface area contributed by atoms with Crippen LogP contribution >= 0.6 is 0 Å². The summed E-state index contributed by atoms with van der Waals surface area (Å²) in [5.41, 5.74) is 4.57. The first-order chi connectivity index (χ1) is 17.1. The van der Waals surface area contributed by atoms with Crippen molar-refractivity contribution in [3.63, 3.8) is 0 Å². The number of aryl methyl sites for hydroxylation is 3. The van der Waals surface area contributed by atoms with E-state index in [4.69, 9.17) is 24.4 Å². The fourth-order valence-corrected chi connectivity index (χ4v) is 4.95. The Morgan fingerprint density at radius 1 is 1.00 bits per heavy atom. The molecule has 8 heteroatoms. The standard InChI is InChI=1S/C27H27N5O3/c1-17-28-25-23(27(33)32(17)16-20-6-5-15-35-20)24-26(30-22-8-4-3-7-21(22)29-24)31(25)14-13-18-9-11-19(34-2)12-10-18/h3-4,7-12,20H,5-6,13-16H2,1-2H3/t20-/m0/s1. The van der Waals surface area contributed by atoms with Crippen molar-refractivity contribution < 1.29 is 9.47 Å². The fourth-order valence-electron chi connectivity index (χ4n) is 4.95. The molecule has 0 radical (unpaired) electrons. The second kappa shape index (κ2) is 8.78. The van der Waals surface area contributed by atoms with Gasteiger partial charge in [-0.15, -0.1) is 0 Å². The van der Waals surface area contributed by atoms with Gasteiger partial charge in [-0.2, -0.15) is 0 Å². The SMILES string of the molecule is COc1ccc(CCn2c3nc4ccccc4nc3c3c(=O)n(C[C@@H]4CCCO4)c(C)nc32)cc1. The third-order valence-electron chi connectivity index (χ3n) is 6.83. The molecule has 0 bridgehead atoms. The van der Waals surface area contributed by atoms with Crippen LogP contribution in [-0.2, 0) is 24.2 Å². The van der Waals surface area contributed by atoms with E-state index in [0.29, 0.717) is 41.1 Å². The van der Waals surface area contributed by atoms with Crippen LogP contribution in [-0.4, -0.2) is 43.9 Å². The summed E-state index contributed by atoms with van der Waals surface area (Å²) in [7, 11) is 1.66. The van der Waals surface area contributed by atoms with Crippen LogP contribution in [0.15, 0.2) is 53.3 Å². The average molecular weight is 470 g/mol. The summed E-state index contributed by atoms with van der Waals surface area (Å²) in [6.07, 6.45) is 2.78. The van der Waals surface area contributed by atoms with Gasteiger partial charge in [-0.1, -0.05) is 24.3 Å². The molecule has 0 spiro atoms. The average Bonchev–Trinajstić information content (AvgIpc) is 3.50. The molecule has 35 heavy (non-hydrogen) atoms. The van der Waals surface area contributed by atoms with Crippen molar-refractivity contribution in [1.82, 2.24) is 24.1 Å². The number of ether oxygens (including phenoxy) is 2. The zero-order chi connectivity index (χ0) is 23.9. The third kappa shape index (κ3) is 3.83. The molecule has 1 saturated heterocycles. The predicted octanol–water partition coefficient (Wildman–Crippen LogP) is 4.03. The van der Waals surface area contributed by atoms with E-state index in [9.17, 15) is 4.79 Å². The van der Waals surface area contributed by atoms with Crippen LogP contribution < -0.4 is 10.3 Å². The molecule has 1 fully saturated rings. The molecule has 1 atom stereocenters. The zero-order valence-electron chi connectivity index (χ0n) is 19.9. The van der Waals surface area contributed by atoms with Gasteiger partial charge in [-0.25, -0.2) is 15.0 Å². The van der Waals surface area contributed by atoms with E-state index in [1.807, 2.05) is 47.9 Å². The highest BCUT2D eigenvalue weighted by Gasteiger charge is 2.23. The van der Waals surface area contributed by atoms with Crippen LogP contribution in [0.4, 0.5) is 0 Å². The molecule has 1 aliphatic rings. The number of nitrogens with zero attached hydrogens (tertiary/aromatic N) is 5. The predicted molar refractivity (Wildman–Crippen MR) is 135 cm³/mol. The third-order valence-corrected chi connectivity index (χ3v) is 6.83. The van der Waals surface area contributed by atoms with E-state index >= 15 is 0 Å². The number of rotatable bonds is 6. The Balaban J connectivity index is 1.52. The van der Waals surface area contributed by atoms with Gasteiger partial charge >= 0.3 is 0 Å². The van der Waals surface area contributed by atoms with Crippen molar-refractivity contribution >= 4 is 33.2 Å². The summed E-state index contributed by atoms with van der Waals surface area (Å²) in [6.45, 7) is 3.77. The highest BCUT2D eigenvalue weighted by Crippen LogP contribution is 2.26. The van der Waals surface area contributed by atoms with Crippen molar-refractivity contribution in [2.75, 3.05) is 13.7 Å². The van der Waals surface area contributed by atoms with E-state index in [0.717, 1.165) is 48.2 Å². The second-order valence-corrected chi connectivity index (χ2v) is 9.04. The van der Waals surface area contributed by atoms with Crippen LogP contribution in [0.25, 0.3) is 33.2 Å². The number of para-hydroxylation sites is 2. The molecule has 1 aliphatic heterocycles. The molecule has 0 N–H and O–H groups in total. The first-order valence-corrected chi connectivity index (χ1v) is 12.0. The maximum Gasteiger partial charge on any atom is 0.265 e. The molecule has 4 heterocycles. The van der Waals surface area contributed by atoms with Gasteiger partial charge in [0.15, 0.2) is 11.3 Å². The molecule has 178 valence electrons. The Labute approximate surface area is 202 Å². The van der Waals surface area contributed by atoms with E-state index in [-0.39, 0.29) is 11.7 Å². The van der Waals surface area contributed by atoms with Crippen molar-refractivity contribution in [3.05, 3.63) is 70.3 Å². The van der Waals surface area contributed by atoms with Gasteiger partial charge in [-0.3, -0.25) is 9.36 Å². The van der Waals surface area contributed by atoms with Crippen LogP contribution in [0, 0.1) is 6.92 Å². The quantitative estimate of drug-likeness (QED) is 0.373. The van der Waals surface area contributed by atoms with E-state index in [2.05, 4.69) is 12.1 Å². The lowest BCUT2D eigenvalue weighted by Gasteiger charge is -2.14. The minimum atomic E-state index is -0.0826. The largest absolute Gasteiger partial charge is 0.497 e. The van der Waals surface area contributed by atoms with Gasteiger partial charge < -0.3 is 14.0 Å². The first kappa shape index (κ1) is 21.7. The smallest absolute Gasteiger partial charge is 0.265 e. The number of methoxy groups -OCH3 is 1. The molecular formula is C27H27N5O3. The lowest BCUT2D eigenvalue weighted by Crippen LogP contribution is -2.29. The topological polar surface area (TPSA) is 84.1 Å². The van der Waals surface area contributed by atoms with E-state index < -0.39 is 0 Å². The van der Waals surface area contributed by atoms with Gasteiger partial charge in [0.1, 0.15) is 22.5 Å². The Morgan fingerprint density at radius 2 is 1.77 bits per heavy atom. The molecule has 3 aromatic heterocycles. The van der Waals surface area contributed by atoms with Gasteiger partial charge in [0.2, 0.25) is 0 Å². The van der Waals surface area contributed by atoms with Gasteiger partial charge in [0.05, 0.1) is 30.8 Å². The highest BCUT2D eigenvalue weighted by molar-refractivity contribution is 6.04. The minimum absolute atomic E-state index is 0.0426. The minimum Gasteiger partial charge on any atom is -0.497 e. The van der Waals surface area contributed by atoms with Crippen molar-refractivity contribution in [2.24, 2.45) is 0 Å². The summed E-state index contributed by atoms with van der Waals surface area (Å²) in [5.74, 6) is 1.50. The summed E-state index contributed by atoms with van der Waals surface area (Å²) in [6, 6.07) is 15.8. The molecule has 5 aromatic rings. The van der Waals surface area contributed by atoms with Gasteiger partial charge in [0, 0.05) is 13.2 Å². The summed E-state index contributed by atoms with van der Waals surface area (Å²) in [5, 5.41) is 0.525. The Hall–Kier alpha value is -3.78. The number of fused-ring (bicyclic) bond motifs is 4. The van der Waals surface area contributed by atoms with E-state index in [1.165, 1.54) is 0 Å². The Morgan fingerprint density at radius 3 is 2.49 bits per heavy atom. The van der Waals surface area contributed by atoms with Gasteiger partial charge in [0.25, 0.3) is 5.56 Å². The molecule has 6 rings (SSSR count). The Kier molecular flexibility index (Phi) is 5.45. The number of hydrogen-bond acceptors (Lipinski definition) is 6. The van der Waals surface area contributed by atoms with Crippen LogP contribution in [0.2, 0.25) is 0 Å². The maximum absolute atomic E-state index is 13.8. The fraction of sp³-hybridized carbons (Fsp3) is 0.333. The molecule has 8 nitrogen and oxygen atoms in total. The lowest BCUT2D eigenvalue weighted by atomic mass is 10.1. The molecule has 0 aliphatic carbocycles. The summed E-state index contributed by atoms with van der Waals surface area (Å²) in [4.78, 5) is 28.5. The number of hydrogen-bond donors (Lipinski definition) is 0. The molecule has 0 unspecified atom stereocenters. The molecule has 0 saturated carbocycles. The van der Waals surface area contributed by atoms with Crippen molar-refractivity contribution in [2.45, 2.75) is 45.4 Å². The first-order valence-electron chi connectivity index (χ1n) is 12.0. The molecular weight excluding hydrogens is 442 g/mol. The van der Waals surface area contributed by atoms with Crippen molar-refractivity contribution in [1.29, 1.82) is 0 Å². The second-order valence-electron chi connectivity index (χ2n) is 9.04. The summed E-state index contributed by atoms with van der Waals surface area (Å²) >= 11 is 0. The normalized spacial score (nSPS) is 16.0. The van der Waals surface area contributed by atoms with Gasteiger partial charge in [-0.05, 0) is 56.0 Å². The molecule has 0 amide bonds.